The van der Waals surface area contributed by atoms with Crippen molar-refractivity contribution in [3.8, 4) is 0 Å². The standard InChI is InChI=1S/C21H20ClN3S/c1-2-11-25-20(19-13-18(19)16-8-4-3-5-9-16)23-24-21(25)26-14-15-7-6-10-17(22)12-15/h2-10,12,18-19H,1,11,13-14H2. The number of hydrogen-bond donors (Lipinski definition) is 0. The van der Waals surface area contributed by atoms with Crippen molar-refractivity contribution in [3.05, 3.63) is 89.2 Å². The third-order valence-electron chi connectivity index (χ3n) is 4.66. The van der Waals surface area contributed by atoms with Crippen LogP contribution in [0.25, 0.3) is 0 Å². The van der Waals surface area contributed by atoms with Gasteiger partial charge >= 0.3 is 0 Å². The summed E-state index contributed by atoms with van der Waals surface area (Å²) in [6, 6.07) is 18.6. The molecule has 5 heteroatoms. The molecule has 3 aromatic rings. The Bertz CT molecular complexity index is 907. The Balaban J connectivity index is 1.51. The molecule has 0 spiro atoms. The van der Waals surface area contributed by atoms with E-state index in [1.54, 1.807) is 11.8 Å². The Labute approximate surface area is 163 Å². The van der Waals surface area contributed by atoms with Crippen LogP contribution in [0.2, 0.25) is 5.02 Å². The van der Waals surface area contributed by atoms with Crippen LogP contribution in [0.5, 0.6) is 0 Å². The Morgan fingerprint density at radius 1 is 1.12 bits per heavy atom. The van der Waals surface area contributed by atoms with E-state index in [1.165, 1.54) is 11.1 Å². The number of halogens is 1. The van der Waals surface area contributed by atoms with Gasteiger partial charge in [-0.25, -0.2) is 0 Å². The van der Waals surface area contributed by atoms with Gasteiger partial charge in [0.1, 0.15) is 5.82 Å². The van der Waals surface area contributed by atoms with Crippen LogP contribution in [0, 0.1) is 0 Å². The van der Waals surface area contributed by atoms with Crippen molar-refractivity contribution in [2.45, 2.75) is 35.7 Å². The molecule has 1 aliphatic rings. The molecule has 1 aromatic heterocycles. The van der Waals surface area contributed by atoms with Crippen LogP contribution in [0.15, 0.2) is 72.4 Å². The fourth-order valence-electron chi connectivity index (χ4n) is 3.31. The summed E-state index contributed by atoms with van der Waals surface area (Å²) in [6.07, 6.45) is 3.05. The van der Waals surface area contributed by atoms with Gasteiger partial charge in [0.25, 0.3) is 0 Å². The molecule has 0 saturated heterocycles. The Hall–Kier alpha value is -2.04. The van der Waals surface area contributed by atoms with E-state index in [-0.39, 0.29) is 0 Å². The number of nitrogens with zero attached hydrogens (tertiary/aromatic N) is 3. The van der Waals surface area contributed by atoms with Crippen LogP contribution in [0.3, 0.4) is 0 Å². The van der Waals surface area contributed by atoms with Crippen molar-refractivity contribution in [1.29, 1.82) is 0 Å². The highest BCUT2D eigenvalue weighted by molar-refractivity contribution is 7.98. The van der Waals surface area contributed by atoms with E-state index in [1.807, 2.05) is 24.3 Å². The first kappa shape index (κ1) is 17.4. The largest absolute Gasteiger partial charge is 0.302 e. The average Bonchev–Trinajstić information content (AvgIpc) is 3.36. The van der Waals surface area contributed by atoms with E-state index in [4.69, 9.17) is 11.6 Å². The molecule has 2 unspecified atom stereocenters. The van der Waals surface area contributed by atoms with Crippen LogP contribution in [-0.2, 0) is 12.3 Å². The van der Waals surface area contributed by atoms with Gasteiger partial charge in [0.15, 0.2) is 5.16 Å². The number of thioether (sulfide) groups is 1. The van der Waals surface area contributed by atoms with Gasteiger partial charge in [0, 0.05) is 23.2 Å². The Morgan fingerprint density at radius 3 is 2.73 bits per heavy atom. The summed E-state index contributed by atoms with van der Waals surface area (Å²) in [5.74, 6) is 2.90. The minimum atomic E-state index is 0.449. The molecular formula is C21H20ClN3S. The average molecular weight is 382 g/mol. The molecule has 0 amide bonds. The van der Waals surface area contributed by atoms with E-state index < -0.39 is 0 Å². The highest BCUT2D eigenvalue weighted by Gasteiger charge is 2.43. The molecule has 0 aliphatic heterocycles. The highest BCUT2D eigenvalue weighted by Crippen LogP contribution is 2.54. The third kappa shape index (κ3) is 3.71. The second-order valence-electron chi connectivity index (χ2n) is 6.52. The van der Waals surface area contributed by atoms with Gasteiger partial charge < -0.3 is 4.57 Å². The molecule has 132 valence electrons. The van der Waals surface area contributed by atoms with E-state index in [0.717, 1.165) is 34.7 Å². The number of hydrogen-bond acceptors (Lipinski definition) is 3. The van der Waals surface area contributed by atoms with E-state index in [0.29, 0.717) is 11.8 Å². The maximum Gasteiger partial charge on any atom is 0.191 e. The van der Waals surface area contributed by atoms with Crippen molar-refractivity contribution in [3.63, 3.8) is 0 Å². The molecule has 2 atom stereocenters. The van der Waals surface area contributed by atoms with Gasteiger partial charge in [-0.15, -0.1) is 16.8 Å². The highest BCUT2D eigenvalue weighted by atomic mass is 35.5. The van der Waals surface area contributed by atoms with Gasteiger partial charge in [-0.3, -0.25) is 0 Å². The van der Waals surface area contributed by atoms with Crippen LogP contribution < -0.4 is 0 Å². The van der Waals surface area contributed by atoms with Gasteiger partial charge in [0.2, 0.25) is 0 Å². The minimum Gasteiger partial charge on any atom is -0.302 e. The molecule has 1 fully saturated rings. The topological polar surface area (TPSA) is 30.7 Å². The zero-order valence-electron chi connectivity index (χ0n) is 14.4. The normalized spacial score (nSPS) is 18.7. The van der Waals surface area contributed by atoms with Crippen molar-refractivity contribution >= 4 is 23.4 Å². The number of allylic oxidation sites excluding steroid dienone is 1. The van der Waals surface area contributed by atoms with Crippen LogP contribution in [0.1, 0.15) is 35.2 Å². The van der Waals surface area contributed by atoms with E-state index >= 15 is 0 Å². The summed E-state index contributed by atoms with van der Waals surface area (Å²) in [6.45, 7) is 4.64. The first-order valence-corrected chi connectivity index (χ1v) is 10.1. The molecule has 4 rings (SSSR count). The van der Waals surface area contributed by atoms with Crippen LogP contribution in [0.4, 0.5) is 0 Å². The predicted molar refractivity (Wildman–Crippen MR) is 108 cm³/mol. The molecular weight excluding hydrogens is 362 g/mol. The summed E-state index contributed by atoms with van der Waals surface area (Å²) in [7, 11) is 0. The zero-order chi connectivity index (χ0) is 17.9. The SMILES string of the molecule is C=CCn1c(SCc2cccc(Cl)c2)nnc1C1CC1c1ccccc1. The monoisotopic (exact) mass is 381 g/mol. The summed E-state index contributed by atoms with van der Waals surface area (Å²) in [5, 5.41) is 10.7. The molecule has 26 heavy (non-hydrogen) atoms. The quantitative estimate of drug-likeness (QED) is 0.389. The molecule has 0 bridgehead atoms. The Kier molecular flexibility index (Phi) is 5.14. The summed E-state index contributed by atoms with van der Waals surface area (Å²) >= 11 is 7.77. The summed E-state index contributed by atoms with van der Waals surface area (Å²) < 4.78 is 2.20. The van der Waals surface area contributed by atoms with Gasteiger partial charge in [-0.1, -0.05) is 71.9 Å². The fraction of sp³-hybridized carbons (Fsp3) is 0.238. The lowest BCUT2D eigenvalue weighted by Crippen LogP contribution is -2.03. The maximum atomic E-state index is 6.08. The number of benzene rings is 2. The van der Waals surface area contributed by atoms with Crippen LogP contribution in [-0.4, -0.2) is 14.8 Å². The van der Waals surface area contributed by atoms with Gasteiger partial charge in [-0.2, -0.15) is 0 Å². The zero-order valence-corrected chi connectivity index (χ0v) is 16.0. The maximum absolute atomic E-state index is 6.08. The van der Waals surface area contributed by atoms with Crippen molar-refractivity contribution < 1.29 is 0 Å². The molecule has 3 nitrogen and oxygen atoms in total. The second kappa shape index (κ2) is 7.68. The second-order valence-corrected chi connectivity index (χ2v) is 7.90. The van der Waals surface area contributed by atoms with Crippen LogP contribution >= 0.6 is 23.4 Å². The predicted octanol–water partition coefficient (Wildman–Crippen LogP) is 5.68. The van der Waals surface area contributed by atoms with Crippen molar-refractivity contribution in [2.75, 3.05) is 0 Å². The van der Waals surface area contributed by atoms with E-state index in [2.05, 4.69) is 57.7 Å². The first-order chi connectivity index (χ1) is 12.8. The van der Waals surface area contributed by atoms with Crippen molar-refractivity contribution in [2.24, 2.45) is 0 Å². The number of aromatic nitrogens is 3. The smallest absolute Gasteiger partial charge is 0.191 e. The summed E-state index contributed by atoms with van der Waals surface area (Å²) in [5.41, 5.74) is 2.57. The molecule has 1 aliphatic carbocycles. The molecule has 2 aromatic carbocycles. The van der Waals surface area contributed by atoms with Gasteiger partial charge in [0.05, 0.1) is 0 Å². The molecule has 1 saturated carbocycles. The molecule has 0 N–H and O–H groups in total. The number of rotatable bonds is 7. The third-order valence-corrected chi connectivity index (χ3v) is 5.94. The molecule has 1 heterocycles. The van der Waals surface area contributed by atoms with Gasteiger partial charge in [-0.05, 0) is 35.6 Å². The Morgan fingerprint density at radius 2 is 1.96 bits per heavy atom. The minimum absolute atomic E-state index is 0.449. The fourth-order valence-corrected chi connectivity index (χ4v) is 4.42. The lowest BCUT2D eigenvalue weighted by Gasteiger charge is -2.08. The summed E-state index contributed by atoms with van der Waals surface area (Å²) in [4.78, 5) is 0. The van der Waals surface area contributed by atoms with Crippen molar-refractivity contribution in [1.82, 2.24) is 14.8 Å². The molecule has 0 radical (unpaired) electrons. The van der Waals surface area contributed by atoms with E-state index in [9.17, 15) is 0 Å². The lowest BCUT2D eigenvalue weighted by molar-refractivity contribution is 0.677. The lowest BCUT2D eigenvalue weighted by atomic mass is 10.1. The first-order valence-electron chi connectivity index (χ1n) is 8.72.